The van der Waals surface area contributed by atoms with Crippen LogP contribution in [-0.2, 0) is 5.41 Å². The van der Waals surface area contributed by atoms with Crippen LogP contribution in [0.3, 0.4) is 0 Å². The van der Waals surface area contributed by atoms with Crippen molar-refractivity contribution in [2.75, 3.05) is 18.1 Å². The van der Waals surface area contributed by atoms with Gasteiger partial charge in [0.1, 0.15) is 5.75 Å². The van der Waals surface area contributed by atoms with Crippen molar-refractivity contribution < 1.29 is 19.9 Å². The maximum absolute atomic E-state index is 11.1. The lowest BCUT2D eigenvalue weighted by Crippen LogP contribution is -2.63. The van der Waals surface area contributed by atoms with Crippen molar-refractivity contribution >= 4 is 17.5 Å². The molecule has 2 aliphatic rings. The van der Waals surface area contributed by atoms with Crippen molar-refractivity contribution in [3.05, 3.63) is 69.8 Å². The Morgan fingerprint density at radius 1 is 1.18 bits per heavy atom. The van der Waals surface area contributed by atoms with Crippen molar-refractivity contribution in [3.8, 4) is 5.75 Å². The lowest BCUT2D eigenvalue weighted by atomic mass is 9.76. The van der Waals surface area contributed by atoms with E-state index in [1.807, 2.05) is 41.3 Å². The summed E-state index contributed by atoms with van der Waals surface area (Å²) in [5.74, 6) is 0.522. The molecule has 0 amide bonds. The second-order valence-electron chi connectivity index (χ2n) is 7.64. The first kappa shape index (κ1) is 18.5. The van der Waals surface area contributed by atoms with Gasteiger partial charge in [-0.05, 0) is 43.7 Å². The van der Waals surface area contributed by atoms with E-state index < -0.39 is 22.1 Å². The fraction of sp³-hybridized carbons (Fsp3) is 0.333. The number of nitrogens with zero attached hydrogens (tertiary/aromatic N) is 2. The van der Waals surface area contributed by atoms with Crippen LogP contribution in [0.2, 0.25) is 0 Å². The van der Waals surface area contributed by atoms with Gasteiger partial charge in [-0.2, -0.15) is 0 Å². The predicted octanol–water partition coefficient (Wildman–Crippen LogP) is 2.85. The molecule has 1 unspecified atom stereocenters. The molecule has 0 aromatic heterocycles. The highest BCUT2D eigenvalue weighted by molar-refractivity contribution is 5.73. The van der Waals surface area contributed by atoms with Crippen molar-refractivity contribution in [2.24, 2.45) is 0 Å². The Balaban J connectivity index is 1.89. The van der Waals surface area contributed by atoms with E-state index in [0.29, 0.717) is 11.3 Å². The molecule has 1 spiro atoms. The number of ether oxygens (including phenoxy) is 1. The van der Waals surface area contributed by atoms with Gasteiger partial charge in [0.15, 0.2) is 0 Å². The maximum atomic E-state index is 11.1. The summed E-state index contributed by atoms with van der Waals surface area (Å²) in [5.41, 5.74) is 1.04. The van der Waals surface area contributed by atoms with Gasteiger partial charge < -0.3 is 19.8 Å². The van der Waals surface area contributed by atoms with Crippen LogP contribution in [0.5, 0.6) is 5.75 Å². The molecule has 2 heterocycles. The Kier molecular flexibility index (Phi) is 4.17. The zero-order chi connectivity index (χ0) is 20.1. The third-order valence-corrected chi connectivity index (χ3v) is 5.84. The molecular weight excluding hydrogens is 360 g/mol. The Morgan fingerprint density at radius 3 is 2.57 bits per heavy atom. The zero-order valence-electron chi connectivity index (χ0n) is 15.7. The smallest absolute Gasteiger partial charge is 0.270 e. The molecular formula is C21H22N2O5. The van der Waals surface area contributed by atoms with Crippen molar-refractivity contribution in [1.82, 2.24) is 0 Å². The van der Waals surface area contributed by atoms with Crippen LogP contribution in [0.15, 0.2) is 48.5 Å². The van der Waals surface area contributed by atoms with E-state index in [0.717, 1.165) is 11.3 Å². The molecule has 1 atom stereocenters. The summed E-state index contributed by atoms with van der Waals surface area (Å²) in [6.45, 7) is 3.62. The van der Waals surface area contributed by atoms with Crippen LogP contribution >= 0.6 is 0 Å². The van der Waals surface area contributed by atoms with Crippen LogP contribution in [0, 0.1) is 10.1 Å². The number of rotatable bonds is 4. The number of anilines is 1. The number of aliphatic hydroxyl groups excluding tert-OH is 2. The standard InChI is InChI=1S/C21H22N2O5/c1-20(2)17-5-3-4-6-18(17)22(16(12-24)13-25)21(20)10-9-14-11-15(23(26)27)7-8-19(14)28-21/h3-11,16,24-25H,12-13H2,1-2H3. The first-order chi connectivity index (χ1) is 13.4. The first-order valence-electron chi connectivity index (χ1n) is 9.13. The highest BCUT2D eigenvalue weighted by Crippen LogP contribution is 2.55. The Morgan fingerprint density at radius 2 is 1.89 bits per heavy atom. The Bertz CT molecular complexity index is 967. The van der Waals surface area contributed by atoms with E-state index >= 15 is 0 Å². The minimum Gasteiger partial charge on any atom is -0.463 e. The van der Waals surface area contributed by atoms with E-state index in [2.05, 4.69) is 13.8 Å². The molecule has 2 N–H and O–H groups in total. The van der Waals surface area contributed by atoms with E-state index in [1.165, 1.54) is 12.1 Å². The minimum absolute atomic E-state index is 0.00244. The molecule has 0 fully saturated rings. The molecule has 2 aliphatic heterocycles. The largest absolute Gasteiger partial charge is 0.463 e. The van der Waals surface area contributed by atoms with Crippen LogP contribution in [0.1, 0.15) is 25.0 Å². The van der Waals surface area contributed by atoms with Gasteiger partial charge in [0.05, 0.1) is 29.6 Å². The molecule has 28 heavy (non-hydrogen) atoms. The Labute approximate surface area is 162 Å². The maximum Gasteiger partial charge on any atom is 0.270 e. The molecule has 7 nitrogen and oxygen atoms in total. The molecule has 2 aromatic carbocycles. The normalized spacial score (nSPS) is 21.5. The fourth-order valence-electron chi connectivity index (χ4n) is 4.32. The van der Waals surface area contributed by atoms with Crippen LogP contribution in [0.25, 0.3) is 6.08 Å². The summed E-state index contributed by atoms with van der Waals surface area (Å²) in [4.78, 5) is 12.6. The van der Waals surface area contributed by atoms with Crippen molar-refractivity contribution in [2.45, 2.75) is 31.0 Å². The number of nitro benzene ring substituents is 1. The molecule has 0 saturated heterocycles. The second kappa shape index (κ2) is 6.32. The summed E-state index contributed by atoms with van der Waals surface area (Å²) in [6, 6.07) is 11.8. The molecule has 146 valence electrons. The SMILES string of the molecule is CC1(C)c2ccccc2N(C(CO)CO)C12C=Cc1cc([N+](=O)[O-])ccc1O2. The monoisotopic (exact) mass is 382 g/mol. The van der Waals surface area contributed by atoms with Crippen LogP contribution in [0.4, 0.5) is 11.4 Å². The topological polar surface area (TPSA) is 96.1 Å². The number of nitro groups is 1. The van der Waals surface area contributed by atoms with Gasteiger partial charge in [-0.15, -0.1) is 0 Å². The summed E-state index contributed by atoms with van der Waals surface area (Å²) in [6.07, 6.45) is 3.69. The molecule has 7 heteroatoms. The van der Waals surface area contributed by atoms with E-state index in [-0.39, 0.29) is 18.9 Å². The van der Waals surface area contributed by atoms with Crippen LogP contribution in [-0.4, -0.2) is 40.1 Å². The molecule has 0 radical (unpaired) electrons. The lowest BCUT2D eigenvalue weighted by Gasteiger charge is -2.49. The summed E-state index contributed by atoms with van der Waals surface area (Å²) in [7, 11) is 0. The van der Waals surface area contributed by atoms with Gasteiger partial charge in [0.25, 0.3) is 5.69 Å². The minimum atomic E-state index is -0.990. The predicted molar refractivity (Wildman–Crippen MR) is 105 cm³/mol. The number of para-hydroxylation sites is 1. The fourth-order valence-corrected chi connectivity index (χ4v) is 4.32. The van der Waals surface area contributed by atoms with Gasteiger partial charge in [-0.3, -0.25) is 10.1 Å². The third-order valence-electron chi connectivity index (χ3n) is 5.84. The number of aliphatic hydroxyl groups is 2. The highest BCUT2D eigenvalue weighted by Gasteiger charge is 2.60. The molecule has 2 aromatic rings. The van der Waals surface area contributed by atoms with E-state index in [1.54, 1.807) is 6.07 Å². The average molecular weight is 382 g/mol. The van der Waals surface area contributed by atoms with Gasteiger partial charge >= 0.3 is 0 Å². The summed E-state index contributed by atoms with van der Waals surface area (Å²) in [5, 5.41) is 30.9. The van der Waals surface area contributed by atoms with Crippen LogP contribution < -0.4 is 9.64 Å². The highest BCUT2D eigenvalue weighted by atomic mass is 16.6. The lowest BCUT2D eigenvalue weighted by molar-refractivity contribution is -0.384. The summed E-state index contributed by atoms with van der Waals surface area (Å²) < 4.78 is 6.50. The first-order valence-corrected chi connectivity index (χ1v) is 9.13. The summed E-state index contributed by atoms with van der Waals surface area (Å²) >= 11 is 0. The molecule has 0 saturated carbocycles. The average Bonchev–Trinajstić information content (AvgIpc) is 2.88. The Hall–Kier alpha value is -2.90. The molecule has 0 bridgehead atoms. The number of hydrogen-bond donors (Lipinski definition) is 2. The van der Waals surface area contributed by atoms with E-state index in [9.17, 15) is 20.3 Å². The van der Waals surface area contributed by atoms with Gasteiger partial charge in [-0.1, -0.05) is 18.2 Å². The quantitative estimate of drug-likeness (QED) is 0.624. The molecule has 0 aliphatic carbocycles. The van der Waals surface area contributed by atoms with Gasteiger partial charge in [-0.25, -0.2) is 0 Å². The van der Waals surface area contributed by atoms with E-state index in [4.69, 9.17) is 4.74 Å². The van der Waals surface area contributed by atoms with Crippen molar-refractivity contribution in [3.63, 3.8) is 0 Å². The zero-order valence-corrected chi connectivity index (χ0v) is 15.7. The number of benzene rings is 2. The van der Waals surface area contributed by atoms with Gasteiger partial charge in [0.2, 0.25) is 5.72 Å². The molecule has 4 rings (SSSR count). The van der Waals surface area contributed by atoms with Gasteiger partial charge in [0, 0.05) is 23.4 Å². The van der Waals surface area contributed by atoms with Crippen molar-refractivity contribution in [1.29, 1.82) is 0 Å². The number of non-ortho nitro benzene ring substituents is 1. The second-order valence-corrected chi connectivity index (χ2v) is 7.64. The third kappa shape index (κ3) is 2.36. The number of fused-ring (bicyclic) bond motifs is 2. The number of hydrogen-bond acceptors (Lipinski definition) is 6.